The van der Waals surface area contributed by atoms with Gasteiger partial charge in [-0.25, -0.2) is 6.17 Å². The molecule has 13 heavy (non-hydrogen) atoms. The van der Waals surface area contributed by atoms with Gasteiger partial charge in [-0.15, -0.1) is 6.04 Å². The first-order valence-corrected chi connectivity index (χ1v) is 4.07. The SMILES string of the molecule is CC[N-]C(CC)[N-]C(C)C.[CH3-].[CH3-].[Y]. The maximum atomic E-state index is 4.42. The van der Waals surface area contributed by atoms with Gasteiger partial charge in [-0.05, 0) is 0 Å². The second kappa shape index (κ2) is 15.5. The van der Waals surface area contributed by atoms with Crippen LogP contribution in [0.15, 0.2) is 0 Å². The Bertz CT molecular complexity index is 77.3. The van der Waals surface area contributed by atoms with Crippen LogP contribution in [0.3, 0.4) is 0 Å². The molecule has 0 spiro atoms. The average Bonchev–Trinajstić information content (AvgIpc) is 1.86. The Morgan fingerprint density at radius 3 is 1.77 bits per heavy atom. The molecule has 1 unspecified atom stereocenters. The van der Waals surface area contributed by atoms with Crippen molar-refractivity contribution in [1.82, 2.24) is 0 Å². The van der Waals surface area contributed by atoms with E-state index in [2.05, 4.69) is 38.3 Å². The Morgan fingerprint density at radius 1 is 1.08 bits per heavy atom. The molecule has 0 N–H and O–H groups in total. The summed E-state index contributed by atoms with van der Waals surface area (Å²) < 4.78 is 0. The summed E-state index contributed by atoms with van der Waals surface area (Å²) >= 11 is 0. The molecule has 0 aliphatic carbocycles. The molecule has 0 aromatic carbocycles. The van der Waals surface area contributed by atoms with Crippen molar-refractivity contribution in [3.8, 4) is 0 Å². The molecule has 0 bridgehead atoms. The van der Waals surface area contributed by atoms with Crippen molar-refractivity contribution in [2.45, 2.75) is 46.3 Å². The molecule has 0 heterocycles. The fourth-order valence-electron chi connectivity index (χ4n) is 0.837. The van der Waals surface area contributed by atoms with Gasteiger partial charge in [-0.2, -0.15) is 6.54 Å². The van der Waals surface area contributed by atoms with Crippen molar-refractivity contribution in [3.05, 3.63) is 25.5 Å². The molecule has 0 aliphatic rings. The summed E-state index contributed by atoms with van der Waals surface area (Å²) in [6.45, 7) is 9.24. The van der Waals surface area contributed by atoms with E-state index in [-0.39, 0.29) is 53.7 Å². The molecule has 2 nitrogen and oxygen atoms in total. The number of rotatable bonds is 5. The summed E-state index contributed by atoms with van der Waals surface area (Å²) in [4.78, 5) is 0. The zero-order chi connectivity index (χ0) is 7.98. The molecule has 0 saturated carbocycles. The zero-order valence-corrected chi connectivity index (χ0v) is 12.9. The van der Waals surface area contributed by atoms with E-state index in [0.29, 0.717) is 6.04 Å². The molecule has 0 aliphatic heterocycles. The van der Waals surface area contributed by atoms with Crippen LogP contribution in [0.5, 0.6) is 0 Å². The van der Waals surface area contributed by atoms with Gasteiger partial charge in [0.15, 0.2) is 0 Å². The summed E-state index contributed by atoms with van der Waals surface area (Å²) in [6.07, 6.45) is 1.27. The van der Waals surface area contributed by atoms with Crippen LogP contribution in [-0.2, 0) is 32.7 Å². The Morgan fingerprint density at radius 2 is 1.54 bits per heavy atom. The minimum atomic E-state index is 0. The Hall–Kier alpha value is 1.02. The van der Waals surface area contributed by atoms with Gasteiger partial charge in [-0.3, -0.25) is 0 Å². The van der Waals surface area contributed by atoms with Crippen LogP contribution in [0.1, 0.15) is 34.1 Å². The van der Waals surface area contributed by atoms with Gasteiger partial charge in [0, 0.05) is 32.7 Å². The van der Waals surface area contributed by atoms with Crippen LogP contribution in [0.25, 0.3) is 10.6 Å². The molecule has 0 aromatic heterocycles. The van der Waals surface area contributed by atoms with Crippen molar-refractivity contribution >= 4 is 0 Å². The van der Waals surface area contributed by atoms with Gasteiger partial charge in [-0.1, -0.05) is 34.1 Å². The Labute approximate surface area is 111 Å². The Balaban J connectivity index is -0.000000135. The smallest absolute Gasteiger partial charge is 0 e. The monoisotopic (exact) mass is 261 g/mol. The second-order valence-corrected chi connectivity index (χ2v) is 2.63. The van der Waals surface area contributed by atoms with E-state index in [4.69, 9.17) is 0 Å². The van der Waals surface area contributed by atoms with Gasteiger partial charge in [0.1, 0.15) is 0 Å². The molecule has 0 amide bonds. The third-order valence-electron chi connectivity index (χ3n) is 1.23. The van der Waals surface area contributed by atoms with Crippen LogP contribution in [-0.4, -0.2) is 18.8 Å². The van der Waals surface area contributed by atoms with Crippen LogP contribution in [0.4, 0.5) is 0 Å². The summed E-state index contributed by atoms with van der Waals surface area (Å²) in [5.41, 5.74) is 0. The summed E-state index contributed by atoms with van der Waals surface area (Å²) in [5.74, 6) is 0. The van der Waals surface area contributed by atoms with Gasteiger partial charge in [0.05, 0.1) is 0 Å². The van der Waals surface area contributed by atoms with E-state index < -0.39 is 0 Å². The van der Waals surface area contributed by atoms with E-state index in [1.54, 1.807) is 0 Å². The largest absolute Gasteiger partial charge is 0.678 e. The number of nitrogens with zero attached hydrogens (tertiary/aromatic N) is 2. The number of hydrogen-bond donors (Lipinski definition) is 0. The van der Waals surface area contributed by atoms with Crippen molar-refractivity contribution in [3.63, 3.8) is 0 Å². The summed E-state index contributed by atoms with van der Waals surface area (Å²) in [5, 5.41) is 8.73. The average molecular weight is 261 g/mol. The second-order valence-electron chi connectivity index (χ2n) is 2.63. The van der Waals surface area contributed by atoms with E-state index in [1.807, 2.05) is 0 Å². The maximum Gasteiger partial charge on any atom is 0 e. The minimum Gasteiger partial charge on any atom is -0.678 e. The fraction of sp³-hybridized carbons (Fsp3) is 0.800. The topological polar surface area (TPSA) is 28.2 Å². The van der Waals surface area contributed by atoms with E-state index in [9.17, 15) is 0 Å². The molecule has 0 rings (SSSR count). The molecule has 0 fully saturated rings. The number of hydrogen-bond acceptors (Lipinski definition) is 0. The summed E-state index contributed by atoms with van der Waals surface area (Å²) in [7, 11) is 0. The molecule has 1 radical (unpaired) electrons. The van der Waals surface area contributed by atoms with Crippen molar-refractivity contribution in [2.75, 3.05) is 6.54 Å². The first-order valence-electron chi connectivity index (χ1n) is 4.07. The van der Waals surface area contributed by atoms with E-state index in [0.717, 1.165) is 13.0 Å². The van der Waals surface area contributed by atoms with Gasteiger partial charge >= 0.3 is 0 Å². The molecule has 1 atom stereocenters. The molecule has 0 aromatic rings. The fourth-order valence-corrected chi connectivity index (χ4v) is 0.837. The standard InChI is InChI=1S/C8H18N2.2CH3.Y/c1-5-8(9-6-2)10-7(3)4;;;/h7-8H,5-6H2,1-4H3;2*1H3;/q-2;2*-1;. The predicted octanol–water partition coefficient (Wildman–Crippen LogP) is 3.80. The van der Waals surface area contributed by atoms with Crippen LogP contribution in [0.2, 0.25) is 0 Å². The first kappa shape index (κ1) is 23.7. The van der Waals surface area contributed by atoms with E-state index in [1.165, 1.54) is 0 Å². The van der Waals surface area contributed by atoms with Crippen molar-refractivity contribution in [1.29, 1.82) is 0 Å². The maximum absolute atomic E-state index is 4.42. The minimum absolute atomic E-state index is 0. The third-order valence-corrected chi connectivity index (χ3v) is 1.23. The third kappa shape index (κ3) is 15.8. The molecular weight excluding hydrogens is 237 g/mol. The summed E-state index contributed by atoms with van der Waals surface area (Å²) in [6, 6.07) is 0.417. The van der Waals surface area contributed by atoms with Gasteiger partial charge in [0.25, 0.3) is 0 Å². The van der Waals surface area contributed by atoms with Crippen molar-refractivity contribution in [2.24, 2.45) is 0 Å². The van der Waals surface area contributed by atoms with Gasteiger partial charge in [0.2, 0.25) is 0 Å². The quantitative estimate of drug-likeness (QED) is 0.673. The van der Waals surface area contributed by atoms with Gasteiger partial charge < -0.3 is 25.5 Å². The normalized spacial score (nSPS) is 10.8. The molecule has 81 valence electrons. The van der Waals surface area contributed by atoms with Crippen LogP contribution in [0, 0.1) is 14.9 Å². The Kier molecular flexibility index (Phi) is 28.2. The molecule has 3 heteroatoms. The van der Waals surface area contributed by atoms with Crippen molar-refractivity contribution < 1.29 is 32.7 Å². The zero-order valence-electron chi connectivity index (χ0n) is 10.0. The van der Waals surface area contributed by atoms with E-state index >= 15 is 0 Å². The van der Waals surface area contributed by atoms with Crippen LogP contribution < -0.4 is 0 Å². The first-order chi connectivity index (χ1) is 4.70. The molecule has 0 saturated heterocycles. The molecular formula is C10H24N2Y-4. The predicted molar refractivity (Wildman–Crippen MR) is 59.3 cm³/mol. The van der Waals surface area contributed by atoms with Crippen LogP contribution >= 0.6 is 0 Å².